The minimum Gasteiger partial charge on any atom is -0.503 e. The van der Waals surface area contributed by atoms with Crippen molar-refractivity contribution in [1.82, 2.24) is 4.90 Å². The van der Waals surface area contributed by atoms with Crippen LogP contribution in [0.15, 0.2) is 59.9 Å². The summed E-state index contributed by atoms with van der Waals surface area (Å²) in [5.74, 6) is -2.06. The molecule has 3 rings (SSSR count). The molecule has 1 aliphatic rings. The van der Waals surface area contributed by atoms with Crippen molar-refractivity contribution in [2.75, 3.05) is 0 Å². The average Bonchev–Trinajstić information content (AvgIpc) is 2.87. The zero-order chi connectivity index (χ0) is 19.7. The second-order valence-electron chi connectivity index (χ2n) is 7.16. The molecular formula is C22H22FNO3. The lowest BCUT2D eigenvalue weighted by Crippen LogP contribution is -2.31. The summed E-state index contributed by atoms with van der Waals surface area (Å²) in [7, 11) is 0. The van der Waals surface area contributed by atoms with Gasteiger partial charge in [-0.2, -0.15) is 0 Å². The first kappa shape index (κ1) is 18.8. The number of hydrogen-bond donors (Lipinski definition) is 1. The minimum atomic E-state index is -0.669. The maximum atomic E-state index is 13.2. The van der Waals surface area contributed by atoms with E-state index >= 15 is 0 Å². The molecule has 1 aliphatic heterocycles. The van der Waals surface area contributed by atoms with Gasteiger partial charge in [-0.05, 0) is 30.2 Å². The highest BCUT2D eigenvalue weighted by molar-refractivity contribution is 6.09. The van der Waals surface area contributed by atoms with E-state index in [1.54, 1.807) is 26.0 Å². The SMILES string of the molecule is Cc1cccc(C2C(C(=O)C(C)C)=C(O)C(=O)N2Cc2ccc(F)cc2)c1. The molecule has 1 N–H and O–H groups in total. The predicted molar refractivity (Wildman–Crippen MR) is 100 cm³/mol. The standard InChI is InChI=1S/C22H22FNO3/c1-13(2)20(25)18-19(16-6-4-5-14(3)11-16)24(22(27)21(18)26)12-15-7-9-17(23)10-8-15/h4-11,13,19,26H,12H2,1-3H3. The Balaban J connectivity index is 2.07. The second kappa shape index (κ2) is 7.35. The molecule has 2 aromatic carbocycles. The van der Waals surface area contributed by atoms with E-state index in [2.05, 4.69) is 0 Å². The Morgan fingerprint density at radius 3 is 2.44 bits per heavy atom. The Bertz CT molecular complexity index is 915. The summed E-state index contributed by atoms with van der Waals surface area (Å²) in [6, 6.07) is 12.7. The molecule has 0 aromatic heterocycles. The Labute approximate surface area is 157 Å². The number of amides is 1. The molecular weight excluding hydrogens is 345 g/mol. The van der Waals surface area contributed by atoms with Gasteiger partial charge in [0.05, 0.1) is 11.6 Å². The summed E-state index contributed by atoms with van der Waals surface area (Å²) >= 11 is 0. The summed E-state index contributed by atoms with van der Waals surface area (Å²) in [6.07, 6.45) is 0. The van der Waals surface area contributed by atoms with E-state index in [1.807, 2.05) is 31.2 Å². The van der Waals surface area contributed by atoms with E-state index in [0.29, 0.717) is 5.56 Å². The van der Waals surface area contributed by atoms with Crippen molar-refractivity contribution in [3.05, 3.63) is 82.4 Å². The number of ketones is 1. The molecule has 0 bridgehead atoms. The van der Waals surface area contributed by atoms with Gasteiger partial charge >= 0.3 is 0 Å². The van der Waals surface area contributed by atoms with E-state index in [1.165, 1.54) is 17.0 Å². The average molecular weight is 367 g/mol. The number of benzene rings is 2. The van der Waals surface area contributed by atoms with Gasteiger partial charge in [0.15, 0.2) is 11.5 Å². The largest absolute Gasteiger partial charge is 0.503 e. The summed E-state index contributed by atoms with van der Waals surface area (Å²) in [6.45, 7) is 5.57. The molecule has 0 aliphatic carbocycles. The normalized spacial score (nSPS) is 17.1. The smallest absolute Gasteiger partial charge is 0.290 e. The third-order valence-electron chi connectivity index (χ3n) is 4.72. The lowest BCUT2D eigenvalue weighted by Gasteiger charge is -2.27. The zero-order valence-electron chi connectivity index (χ0n) is 15.6. The van der Waals surface area contributed by atoms with E-state index in [-0.39, 0.29) is 29.6 Å². The molecule has 1 unspecified atom stereocenters. The summed E-state index contributed by atoms with van der Waals surface area (Å²) < 4.78 is 13.2. The Hall–Kier alpha value is -2.95. The molecule has 140 valence electrons. The Morgan fingerprint density at radius 2 is 1.85 bits per heavy atom. The number of hydrogen-bond acceptors (Lipinski definition) is 3. The monoisotopic (exact) mass is 367 g/mol. The van der Waals surface area contributed by atoms with Gasteiger partial charge in [0.2, 0.25) is 0 Å². The lowest BCUT2D eigenvalue weighted by molar-refractivity contribution is -0.130. The number of aliphatic hydroxyl groups excluding tert-OH is 1. The van der Waals surface area contributed by atoms with Crippen LogP contribution in [-0.2, 0) is 16.1 Å². The molecule has 0 saturated carbocycles. The van der Waals surface area contributed by atoms with Crippen molar-refractivity contribution >= 4 is 11.7 Å². The first-order valence-corrected chi connectivity index (χ1v) is 8.89. The van der Waals surface area contributed by atoms with Gasteiger partial charge in [-0.1, -0.05) is 55.8 Å². The van der Waals surface area contributed by atoms with Gasteiger partial charge in [0, 0.05) is 12.5 Å². The van der Waals surface area contributed by atoms with Crippen molar-refractivity contribution in [3.63, 3.8) is 0 Å². The van der Waals surface area contributed by atoms with Crippen molar-refractivity contribution in [2.45, 2.75) is 33.4 Å². The van der Waals surface area contributed by atoms with Crippen molar-refractivity contribution in [2.24, 2.45) is 5.92 Å². The number of Topliss-reactive ketones (excluding diaryl/α,β-unsaturated/α-hetero) is 1. The van der Waals surface area contributed by atoms with Gasteiger partial charge in [-0.25, -0.2) is 4.39 Å². The molecule has 27 heavy (non-hydrogen) atoms. The topological polar surface area (TPSA) is 57.6 Å². The number of carbonyl (C=O) groups is 2. The van der Waals surface area contributed by atoms with Crippen molar-refractivity contribution in [1.29, 1.82) is 0 Å². The van der Waals surface area contributed by atoms with Crippen LogP contribution in [0.4, 0.5) is 4.39 Å². The number of rotatable bonds is 5. The highest BCUT2D eigenvalue weighted by Crippen LogP contribution is 2.40. The molecule has 0 saturated heterocycles. The maximum Gasteiger partial charge on any atom is 0.290 e. The van der Waals surface area contributed by atoms with E-state index < -0.39 is 17.7 Å². The lowest BCUT2D eigenvalue weighted by atomic mass is 9.90. The van der Waals surface area contributed by atoms with Crippen LogP contribution < -0.4 is 0 Å². The minimum absolute atomic E-state index is 0.128. The molecule has 0 radical (unpaired) electrons. The van der Waals surface area contributed by atoms with Crippen LogP contribution in [0.25, 0.3) is 0 Å². The van der Waals surface area contributed by atoms with Crippen molar-refractivity contribution < 1.29 is 19.1 Å². The zero-order valence-corrected chi connectivity index (χ0v) is 15.6. The van der Waals surface area contributed by atoms with Crippen LogP contribution >= 0.6 is 0 Å². The summed E-state index contributed by atoms with van der Waals surface area (Å²) in [4.78, 5) is 27.0. The number of carbonyl (C=O) groups excluding carboxylic acids is 2. The van der Waals surface area contributed by atoms with Gasteiger partial charge in [0.25, 0.3) is 5.91 Å². The fourth-order valence-electron chi connectivity index (χ4n) is 3.35. The van der Waals surface area contributed by atoms with Crippen LogP contribution in [0.5, 0.6) is 0 Å². The van der Waals surface area contributed by atoms with Crippen LogP contribution in [0, 0.1) is 18.7 Å². The second-order valence-corrected chi connectivity index (χ2v) is 7.16. The fraction of sp³-hybridized carbons (Fsp3) is 0.273. The van der Waals surface area contributed by atoms with Gasteiger partial charge < -0.3 is 10.0 Å². The van der Waals surface area contributed by atoms with E-state index in [4.69, 9.17) is 0 Å². The summed E-state index contributed by atoms with van der Waals surface area (Å²) in [5.41, 5.74) is 2.60. The van der Waals surface area contributed by atoms with Crippen LogP contribution in [0.3, 0.4) is 0 Å². The highest BCUT2D eigenvalue weighted by atomic mass is 19.1. The van der Waals surface area contributed by atoms with Crippen LogP contribution in [0.2, 0.25) is 0 Å². The van der Waals surface area contributed by atoms with Gasteiger partial charge in [0.1, 0.15) is 5.82 Å². The number of aliphatic hydroxyl groups is 1. The first-order chi connectivity index (χ1) is 12.8. The number of halogens is 1. The molecule has 0 spiro atoms. The Kier molecular flexibility index (Phi) is 5.13. The van der Waals surface area contributed by atoms with Crippen LogP contribution in [-0.4, -0.2) is 21.7 Å². The highest BCUT2D eigenvalue weighted by Gasteiger charge is 2.43. The summed E-state index contributed by atoms with van der Waals surface area (Å²) in [5, 5.41) is 10.5. The molecule has 1 amide bonds. The van der Waals surface area contributed by atoms with Crippen molar-refractivity contribution in [3.8, 4) is 0 Å². The Morgan fingerprint density at radius 1 is 1.19 bits per heavy atom. The van der Waals surface area contributed by atoms with E-state index in [9.17, 15) is 19.1 Å². The van der Waals surface area contributed by atoms with Gasteiger partial charge in [-0.15, -0.1) is 0 Å². The predicted octanol–water partition coefficient (Wildman–Crippen LogP) is 4.25. The maximum absolute atomic E-state index is 13.2. The van der Waals surface area contributed by atoms with Crippen LogP contribution in [0.1, 0.15) is 36.6 Å². The quantitative estimate of drug-likeness (QED) is 0.859. The fourth-order valence-corrected chi connectivity index (χ4v) is 3.35. The van der Waals surface area contributed by atoms with E-state index in [0.717, 1.165) is 11.1 Å². The molecule has 4 nitrogen and oxygen atoms in total. The third-order valence-corrected chi connectivity index (χ3v) is 4.72. The number of nitrogens with zero attached hydrogens (tertiary/aromatic N) is 1. The molecule has 2 aromatic rings. The first-order valence-electron chi connectivity index (χ1n) is 8.89. The molecule has 0 fully saturated rings. The molecule has 5 heteroatoms. The number of aryl methyl sites for hydroxylation is 1. The molecule has 1 heterocycles. The van der Waals surface area contributed by atoms with Gasteiger partial charge in [-0.3, -0.25) is 9.59 Å². The molecule has 1 atom stereocenters. The third kappa shape index (κ3) is 3.63.